The molecule has 0 saturated heterocycles. The van der Waals surface area contributed by atoms with Crippen molar-refractivity contribution in [2.75, 3.05) is 33.3 Å². The topological polar surface area (TPSA) is 83.2 Å². The SMILES string of the molecule is CCN(CC)CCCN1C(=O)C(O)=C(C(=O)c2cc3cccc(OC)c3o2)[C@@H]1c1cccc(Br)c1. The lowest BCUT2D eigenvalue weighted by atomic mass is 9.95. The monoisotopic (exact) mass is 540 g/mol. The van der Waals surface area contributed by atoms with Gasteiger partial charge in [0.1, 0.15) is 0 Å². The molecule has 0 spiro atoms. The van der Waals surface area contributed by atoms with Gasteiger partial charge < -0.3 is 24.1 Å². The summed E-state index contributed by atoms with van der Waals surface area (Å²) >= 11 is 3.48. The Morgan fingerprint density at radius 3 is 2.60 bits per heavy atom. The molecule has 2 aromatic carbocycles. The molecule has 1 N–H and O–H groups in total. The first kappa shape index (κ1) is 25.0. The number of amides is 1. The predicted octanol–water partition coefficient (Wildman–Crippen LogP) is 5.51. The van der Waals surface area contributed by atoms with E-state index in [1.165, 1.54) is 7.11 Å². The van der Waals surface area contributed by atoms with Crippen molar-refractivity contribution in [3.63, 3.8) is 0 Å². The minimum Gasteiger partial charge on any atom is -0.503 e. The number of benzene rings is 2. The first-order valence-electron chi connectivity index (χ1n) is 11.7. The Labute approximate surface area is 213 Å². The molecule has 0 bridgehead atoms. The molecule has 0 radical (unpaired) electrons. The summed E-state index contributed by atoms with van der Waals surface area (Å²) in [5.41, 5.74) is 1.20. The van der Waals surface area contributed by atoms with Crippen molar-refractivity contribution >= 4 is 38.6 Å². The number of ketones is 1. The van der Waals surface area contributed by atoms with E-state index in [1.54, 1.807) is 17.0 Å². The predicted molar refractivity (Wildman–Crippen MR) is 138 cm³/mol. The van der Waals surface area contributed by atoms with Crippen molar-refractivity contribution in [1.29, 1.82) is 0 Å². The van der Waals surface area contributed by atoms with E-state index in [0.717, 1.165) is 29.7 Å². The molecule has 1 aliphatic rings. The maximum absolute atomic E-state index is 13.7. The highest BCUT2D eigenvalue weighted by Crippen LogP contribution is 2.40. The summed E-state index contributed by atoms with van der Waals surface area (Å²) in [5.74, 6) is -1.06. The number of furan rings is 1. The molecule has 2 heterocycles. The van der Waals surface area contributed by atoms with Crippen molar-refractivity contribution in [2.45, 2.75) is 26.3 Å². The fourth-order valence-electron chi connectivity index (χ4n) is 4.59. The minimum absolute atomic E-state index is 0.0222. The first-order valence-corrected chi connectivity index (χ1v) is 12.5. The van der Waals surface area contributed by atoms with Crippen molar-refractivity contribution < 1.29 is 23.8 Å². The lowest BCUT2D eigenvalue weighted by Crippen LogP contribution is -2.34. The quantitative estimate of drug-likeness (QED) is 0.341. The van der Waals surface area contributed by atoms with Gasteiger partial charge in [0, 0.05) is 16.4 Å². The summed E-state index contributed by atoms with van der Waals surface area (Å²) in [6, 6.07) is 13.7. The maximum Gasteiger partial charge on any atom is 0.290 e. The van der Waals surface area contributed by atoms with Crippen LogP contribution >= 0.6 is 15.9 Å². The van der Waals surface area contributed by atoms with Crippen LogP contribution in [0, 0.1) is 0 Å². The van der Waals surface area contributed by atoms with Crippen molar-refractivity contribution in [3.05, 3.63) is 75.7 Å². The Bertz CT molecular complexity index is 1280. The highest BCUT2D eigenvalue weighted by atomic mass is 79.9. The lowest BCUT2D eigenvalue weighted by Gasteiger charge is -2.28. The van der Waals surface area contributed by atoms with E-state index in [9.17, 15) is 14.7 Å². The molecule has 0 saturated carbocycles. The van der Waals surface area contributed by atoms with Crippen LogP contribution in [-0.4, -0.2) is 59.9 Å². The van der Waals surface area contributed by atoms with E-state index in [1.807, 2.05) is 36.4 Å². The maximum atomic E-state index is 13.7. The van der Waals surface area contributed by atoms with E-state index in [4.69, 9.17) is 9.15 Å². The molecule has 1 atom stereocenters. The molecule has 4 rings (SSSR count). The summed E-state index contributed by atoms with van der Waals surface area (Å²) in [6.07, 6.45) is 0.717. The summed E-state index contributed by atoms with van der Waals surface area (Å²) in [5, 5.41) is 11.6. The van der Waals surface area contributed by atoms with E-state index in [0.29, 0.717) is 29.7 Å². The average molecular weight is 541 g/mol. The van der Waals surface area contributed by atoms with Crippen LogP contribution < -0.4 is 4.74 Å². The van der Waals surface area contributed by atoms with Gasteiger partial charge in [-0.2, -0.15) is 0 Å². The van der Waals surface area contributed by atoms with Gasteiger partial charge in [0.15, 0.2) is 22.9 Å². The molecule has 0 aliphatic carbocycles. The highest BCUT2D eigenvalue weighted by Gasteiger charge is 2.44. The number of carbonyl (C=O) groups is 2. The Hall–Kier alpha value is -3.10. The second kappa shape index (κ2) is 10.7. The second-order valence-electron chi connectivity index (χ2n) is 8.42. The van der Waals surface area contributed by atoms with Gasteiger partial charge in [0.05, 0.1) is 18.7 Å². The summed E-state index contributed by atoms with van der Waals surface area (Å²) in [6.45, 7) is 7.25. The van der Waals surface area contributed by atoms with Gasteiger partial charge in [-0.25, -0.2) is 0 Å². The highest BCUT2D eigenvalue weighted by molar-refractivity contribution is 9.10. The molecule has 184 valence electrons. The minimum atomic E-state index is -0.723. The van der Waals surface area contributed by atoms with Crippen molar-refractivity contribution in [1.82, 2.24) is 9.80 Å². The van der Waals surface area contributed by atoms with Gasteiger partial charge in [0.25, 0.3) is 5.91 Å². The molecule has 3 aromatic rings. The fourth-order valence-corrected chi connectivity index (χ4v) is 5.00. The number of hydrogen-bond acceptors (Lipinski definition) is 6. The fraction of sp³-hybridized carbons (Fsp3) is 0.333. The zero-order valence-electron chi connectivity index (χ0n) is 20.1. The third kappa shape index (κ3) is 4.86. The normalized spacial score (nSPS) is 16.1. The zero-order chi connectivity index (χ0) is 25.1. The summed E-state index contributed by atoms with van der Waals surface area (Å²) in [7, 11) is 1.53. The number of aliphatic hydroxyl groups is 1. The smallest absolute Gasteiger partial charge is 0.290 e. The second-order valence-corrected chi connectivity index (χ2v) is 9.33. The molecule has 8 heteroatoms. The molecule has 7 nitrogen and oxygen atoms in total. The van der Waals surface area contributed by atoms with E-state index < -0.39 is 23.5 Å². The number of methoxy groups -OCH3 is 1. The number of aliphatic hydroxyl groups excluding tert-OH is 1. The number of ether oxygens (including phenoxy) is 1. The average Bonchev–Trinajstić information content (AvgIpc) is 3.41. The Balaban J connectivity index is 1.72. The van der Waals surface area contributed by atoms with Crippen LogP contribution in [0.1, 0.15) is 42.4 Å². The summed E-state index contributed by atoms with van der Waals surface area (Å²) in [4.78, 5) is 30.8. The number of Topliss-reactive ketones (excluding diaryl/α,β-unsaturated/α-hetero) is 1. The molecular formula is C27H29BrN2O5. The van der Waals surface area contributed by atoms with E-state index in [2.05, 4.69) is 34.7 Å². The number of halogens is 1. The Morgan fingerprint density at radius 1 is 1.17 bits per heavy atom. The number of fused-ring (bicyclic) bond motifs is 1. The van der Waals surface area contributed by atoms with Crippen LogP contribution in [0.25, 0.3) is 11.0 Å². The van der Waals surface area contributed by atoms with Gasteiger partial charge in [-0.1, -0.05) is 54.0 Å². The van der Waals surface area contributed by atoms with Crippen molar-refractivity contribution in [2.24, 2.45) is 0 Å². The molecule has 1 amide bonds. The van der Waals surface area contributed by atoms with Gasteiger partial charge in [-0.15, -0.1) is 0 Å². The van der Waals surface area contributed by atoms with Crippen molar-refractivity contribution in [3.8, 4) is 5.75 Å². The number of hydrogen-bond donors (Lipinski definition) is 1. The van der Waals surface area contributed by atoms with Crippen LogP contribution in [0.15, 0.2) is 68.8 Å². The molecule has 1 aromatic heterocycles. The van der Waals surface area contributed by atoms with Crippen LogP contribution in [0.3, 0.4) is 0 Å². The number of rotatable bonds is 10. The third-order valence-corrected chi connectivity index (χ3v) is 6.93. The van der Waals surface area contributed by atoms with Gasteiger partial charge in [-0.05, 0) is 55.9 Å². The van der Waals surface area contributed by atoms with Gasteiger partial charge in [0.2, 0.25) is 5.78 Å². The van der Waals surface area contributed by atoms with E-state index >= 15 is 0 Å². The lowest BCUT2D eigenvalue weighted by molar-refractivity contribution is -0.129. The molecule has 0 unspecified atom stereocenters. The van der Waals surface area contributed by atoms with E-state index in [-0.39, 0.29) is 11.3 Å². The van der Waals surface area contributed by atoms with Gasteiger partial charge >= 0.3 is 0 Å². The number of para-hydroxylation sites is 1. The van der Waals surface area contributed by atoms with Crippen LogP contribution in [0.2, 0.25) is 0 Å². The largest absolute Gasteiger partial charge is 0.503 e. The third-order valence-electron chi connectivity index (χ3n) is 6.43. The molecule has 1 aliphatic heterocycles. The Morgan fingerprint density at radius 2 is 1.91 bits per heavy atom. The number of nitrogens with zero attached hydrogens (tertiary/aromatic N) is 2. The number of carbonyl (C=O) groups excluding carboxylic acids is 2. The Kier molecular flexibility index (Phi) is 7.62. The summed E-state index contributed by atoms with van der Waals surface area (Å²) < 4.78 is 12.0. The molecule has 35 heavy (non-hydrogen) atoms. The standard InChI is InChI=1S/C27H29BrN2O5/c1-4-29(5-2)13-8-14-30-23(17-9-6-11-19(28)15-17)22(25(32)27(30)33)24(31)21-16-18-10-7-12-20(34-3)26(18)35-21/h6-7,9-12,15-16,23,32H,4-5,8,13-14H2,1-3H3/t23-/m0/s1. The zero-order valence-corrected chi connectivity index (χ0v) is 21.7. The first-order chi connectivity index (χ1) is 16.9. The van der Waals surface area contributed by atoms with Gasteiger partial charge in [-0.3, -0.25) is 9.59 Å². The molecule has 0 fully saturated rings. The van der Waals surface area contributed by atoms with Crippen LogP contribution in [-0.2, 0) is 4.79 Å². The van der Waals surface area contributed by atoms with Crippen LogP contribution in [0.4, 0.5) is 0 Å². The molecular weight excluding hydrogens is 512 g/mol. The van der Waals surface area contributed by atoms with Crippen LogP contribution in [0.5, 0.6) is 5.75 Å².